The summed E-state index contributed by atoms with van der Waals surface area (Å²) in [5.74, 6) is 0.819. The van der Waals surface area contributed by atoms with Crippen LogP contribution >= 0.6 is 11.3 Å². The maximum absolute atomic E-state index is 13.1. The largest absolute Gasteiger partial charge is 0.391 e. The first-order chi connectivity index (χ1) is 11.5. The number of amides is 1. The SMILES string of the molecule is Cc1noc([C@H]2C[C@@H](O)CN2C(=O)c2sc3ccccc3c2C)n1. The molecule has 0 spiro atoms. The number of thiophene rings is 1. The number of aliphatic hydroxyl groups excluding tert-OH is 1. The van der Waals surface area contributed by atoms with Crippen molar-refractivity contribution in [2.24, 2.45) is 0 Å². The van der Waals surface area contributed by atoms with Crippen LogP contribution in [0.5, 0.6) is 0 Å². The molecule has 0 radical (unpaired) electrons. The van der Waals surface area contributed by atoms with E-state index in [4.69, 9.17) is 4.52 Å². The third-order valence-corrected chi connectivity index (χ3v) is 5.67. The molecular formula is C17H17N3O3S. The highest BCUT2D eigenvalue weighted by Crippen LogP contribution is 2.37. The van der Waals surface area contributed by atoms with Crippen LogP contribution in [0.25, 0.3) is 10.1 Å². The molecule has 124 valence electrons. The van der Waals surface area contributed by atoms with Crippen LogP contribution in [0.1, 0.15) is 39.4 Å². The Morgan fingerprint density at radius 3 is 2.88 bits per heavy atom. The lowest BCUT2D eigenvalue weighted by Gasteiger charge is -2.21. The number of carbonyl (C=O) groups excluding carboxylic acids is 1. The van der Waals surface area contributed by atoms with Gasteiger partial charge in [-0.2, -0.15) is 4.98 Å². The Balaban J connectivity index is 1.72. The fourth-order valence-corrected chi connectivity index (χ4v) is 4.39. The second kappa shape index (κ2) is 5.68. The molecule has 1 fully saturated rings. The van der Waals surface area contributed by atoms with Gasteiger partial charge in [-0.05, 0) is 30.9 Å². The fourth-order valence-electron chi connectivity index (χ4n) is 3.23. The van der Waals surface area contributed by atoms with Crippen LogP contribution in [-0.2, 0) is 0 Å². The predicted molar refractivity (Wildman–Crippen MR) is 90.0 cm³/mol. The second-order valence-corrected chi connectivity index (χ2v) is 7.15. The summed E-state index contributed by atoms with van der Waals surface area (Å²) in [5, 5.41) is 15.0. The van der Waals surface area contributed by atoms with Gasteiger partial charge in [-0.15, -0.1) is 11.3 Å². The van der Waals surface area contributed by atoms with Gasteiger partial charge in [0.25, 0.3) is 5.91 Å². The van der Waals surface area contributed by atoms with Crippen LogP contribution in [0.2, 0.25) is 0 Å². The number of hydrogen-bond donors (Lipinski definition) is 1. The summed E-state index contributed by atoms with van der Waals surface area (Å²) >= 11 is 1.48. The molecule has 4 rings (SSSR count). The van der Waals surface area contributed by atoms with Crippen LogP contribution in [0.15, 0.2) is 28.8 Å². The maximum atomic E-state index is 13.1. The number of β-amino-alcohol motifs (C(OH)–C–C–N with tert-alkyl or cyclic N) is 1. The Morgan fingerprint density at radius 1 is 1.38 bits per heavy atom. The van der Waals surface area contributed by atoms with Gasteiger partial charge in [0, 0.05) is 17.7 Å². The first-order valence-corrected chi connectivity index (χ1v) is 8.63. The fraction of sp³-hybridized carbons (Fsp3) is 0.353. The summed E-state index contributed by atoms with van der Waals surface area (Å²) < 4.78 is 6.33. The van der Waals surface area contributed by atoms with Crippen LogP contribution in [-0.4, -0.2) is 38.7 Å². The number of aromatic nitrogens is 2. The van der Waals surface area contributed by atoms with Crippen molar-refractivity contribution in [3.05, 3.63) is 46.4 Å². The van der Waals surface area contributed by atoms with Gasteiger partial charge in [0.15, 0.2) is 5.82 Å². The van der Waals surface area contributed by atoms with Gasteiger partial charge >= 0.3 is 0 Å². The molecular weight excluding hydrogens is 326 g/mol. The van der Waals surface area contributed by atoms with Crippen LogP contribution in [0.3, 0.4) is 0 Å². The highest BCUT2D eigenvalue weighted by atomic mass is 32.1. The molecule has 0 aliphatic carbocycles. The molecule has 0 saturated carbocycles. The average Bonchev–Trinajstić information content (AvgIpc) is 3.25. The molecule has 0 unspecified atom stereocenters. The van der Waals surface area contributed by atoms with Gasteiger partial charge in [-0.3, -0.25) is 4.79 Å². The van der Waals surface area contributed by atoms with Crippen molar-refractivity contribution in [1.82, 2.24) is 15.0 Å². The Morgan fingerprint density at radius 2 is 2.17 bits per heavy atom. The number of aryl methyl sites for hydroxylation is 2. The zero-order valence-corrected chi connectivity index (χ0v) is 14.2. The Bertz CT molecular complexity index is 917. The van der Waals surface area contributed by atoms with Crippen LogP contribution in [0, 0.1) is 13.8 Å². The first kappa shape index (κ1) is 15.3. The topological polar surface area (TPSA) is 79.5 Å². The van der Waals surface area contributed by atoms with E-state index in [1.165, 1.54) is 11.3 Å². The minimum Gasteiger partial charge on any atom is -0.391 e. The molecule has 1 aliphatic rings. The van der Waals surface area contributed by atoms with Gasteiger partial charge in [-0.1, -0.05) is 23.4 Å². The predicted octanol–water partition coefficient (Wildman–Crippen LogP) is 2.85. The van der Waals surface area contributed by atoms with Crippen LogP contribution < -0.4 is 0 Å². The summed E-state index contributed by atoms with van der Waals surface area (Å²) in [5.41, 5.74) is 0.974. The summed E-state index contributed by atoms with van der Waals surface area (Å²) in [6.45, 7) is 3.98. The monoisotopic (exact) mass is 343 g/mol. The molecule has 1 saturated heterocycles. The Kier molecular flexibility index (Phi) is 3.62. The summed E-state index contributed by atoms with van der Waals surface area (Å²) in [7, 11) is 0. The van der Waals surface area contributed by atoms with Crippen molar-refractivity contribution in [2.75, 3.05) is 6.54 Å². The average molecular weight is 343 g/mol. The number of hydrogen-bond acceptors (Lipinski definition) is 6. The first-order valence-electron chi connectivity index (χ1n) is 7.82. The number of fused-ring (bicyclic) bond motifs is 1. The lowest BCUT2D eigenvalue weighted by Crippen LogP contribution is -2.31. The van der Waals surface area contributed by atoms with Crippen molar-refractivity contribution in [2.45, 2.75) is 32.4 Å². The highest BCUT2D eigenvalue weighted by Gasteiger charge is 2.39. The van der Waals surface area contributed by atoms with E-state index >= 15 is 0 Å². The van der Waals surface area contributed by atoms with E-state index in [0.29, 0.717) is 23.0 Å². The molecule has 0 bridgehead atoms. The van der Waals surface area contributed by atoms with E-state index in [0.717, 1.165) is 15.6 Å². The van der Waals surface area contributed by atoms with Crippen molar-refractivity contribution in [1.29, 1.82) is 0 Å². The molecule has 7 heteroatoms. The summed E-state index contributed by atoms with van der Waals surface area (Å²) in [4.78, 5) is 19.7. The second-order valence-electron chi connectivity index (χ2n) is 6.10. The van der Waals surface area contributed by atoms with Gasteiger partial charge in [0.1, 0.15) is 6.04 Å². The molecule has 1 N–H and O–H groups in total. The van der Waals surface area contributed by atoms with Crippen molar-refractivity contribution in [3.63, 3.8) is 0 Å². The maximum Gasteiger partial charge on any atom is 0.265 e. The van der Waals surface area contributed by atoms with E-state index < -0.39 is 6.10 Å². The molecule has 6 nitrogen and oxygen atoms in total. The molecule has 3 heterocycles. The molecule has 24 heavy (non-hydrogen) atoms. The number of nitrogens with zero attached hydrogens (tertiary/aromatic N) is 3. The number of aliphatic hydroxyl groups is 1. The zero-order chi connectivity index (χ0) is 16.8. The van der Waals surface area contributed by atoms with Crippen molar-refractivity contribution in [3.8, 4) is 0 Å². The third-order valence-electron chi connectivity index (χ3n) is 4.41. The number of likely N-dealkylation sites (tertiary alicyclic amines) is 1. The molecule has 1 aliphatic heterocycles. The van der Waals surface area contributed by atoms with Gasteiger partial charge in [0.2, 0.25) is 5.89 Å². The van der Waals surface area contributed by atoms with E-state index in [2.05, 4.69) is 10.1 Å². The highest BCUT2D eigenvalue weighted by molar-refractivity contribution is 7.21. The standard InChI is InChI=1S/C17H17N3O3S/c1-9-12-5-3-4-6-14(12)24-15(9)17(22)20-8-11(21)7-13(20)16-18-10(2)19-23-16/h3-6,11,13,21H,7-8H2,1-2H3/t11-,13-/m1/s1. The van der Waals surface area contributed by atoms with Gasteiger partial charge in [-0.25, -0.2) is 0 Å². The van der Waals surface area contributed by atoms with E-state index in [-0.39, 0.29) is 18.5 Å². The van der Waals surface area contributed by atoms with Crippen LogP contribution in [0.4, 0.5) is 0 Å². The minimum absolute atomic E-state index is 0.0916. The molecule has 2 aromatic heterocycles. The molecule has 1 aromatic carbocycles. The number of benzene rings is 1. The smallest absolute Gasteiger partial charge is 0.265 e. The number of carbonyl (C=O) groups is 1. The lowest BCUT2D eigenvalue weighted by atomic mass is 10.1. The van der Waals surface area contributed by atoms with Gasteiger partial charge < -0.3 is 14.5 Å². The van der Waals surface area contributed by atoms with E-state index in [9.17, 15) is 9.90 Å². The van der Waals surface area contributed by atoms with E-state index in [1.54, 1.807) is 11.8 Å². The summed E-state index contributed by atoms with van der Waals surface area (Å²) in [6, 6.07) is 7.60. The normalized spacial score (nSPS) is 20.9. The minimum atomic E-state index is -0.583. The lowest BCUT2D eigenvalue weighted by molar-refractivity contribution is 0.0698. The Hall–Kier alpha value is -2.25. The third kappa shape index (κ3) is 2.40. The number of rotatable bonds is 2. The quantitative estimate of drug-likeness (QED) is 0.774. The van der Waals surface area contributed by atoms with Crippen molar-refractivity contribution < 1.29 is 14.4 Å². The Labute approximate surface area is 142 Å². The molecule has 2 atom stereocenters. The van der Waals surface area contributed by atoms with E-state index in [1.807, 2.05) is 31.2 Å². The van der Waals surface area contributed by atoms with Crippen molar-refractivity contribution >= 4 is 27.3 Å². The molecule has 3 aromatic rings. The van der Waals surface area contributed by atoms with Gasteiger partial charge in [0.05, 0.1) is 11.0 Å². The molecule has 1 amide bonds. The summed E-state index contributed by atoms with van der Waals surface area (Å²) in [6.07, 6.45) is -0.169. The zero-order valence-electron chi connectivity index (χ0n) is 13.4.